The second-order valence-corrected chi connectivity index (χ2v) is 7.43. The molecule has 4 rings (SSSR count). The number of hydrogen-bond donors (Lipinski definition) is 2. The number of fused-ring (bicyclic) bond motifs is 2. The van der Waals surface area contributed by atoms with Gasteiger partial charge in [-0.1, -0.05) is 43.2 Å². The van der Waals surface area contributed by atoms with E-state index in [2.05, 4.69) is 34.9 Å². The van der Waals surface area contributed by atoms with E-state index < -0.39 is 0 Å². The largest absolute Gasteiger partial charge is 0.352 e. The standard InChI is InChI=1S/C19H26N2O.ClH/c22-18(21-17-12-15-8-9-16(13-17)20-15)19(10-4-5-11-19)14-6-2-1-3-7-14;/h1-3,6-7,15-17,20H,4-5,8-13H2,(H,21,22);1H. The van der Waals surface area contributed by atoms with E-state index in [4.69, 9.17) is 0 Å². The molecule has 3 nitrogen and oxygen atoms in total. The van der Waals surface area contributed by atoms with Crippen LogP contribution in [0.4, 0.5) is 0 Å². The van der Waals surface area contributed by atoms with Crippen molar-refractivity contribution in [3.05, 3.63) is 35.9 Å². The van der Waals surface area contributed by atoms with Gasteiger partial charge in [-0.15, -0.1) is 12.4 Å². The van der Waals surface area contributed by atoms with E-state index in [9.17, 15) is 4.79 Å². The number of carbonyl (C=O) groups is 1. The molecule has 2 aliphatic heterocycles. The average Bonchev–Trinajstić information content (AvgIpc) is 3.16. The smallest absolute Gasteiger partial charge is 0.230 e. The summed E-state index contributed by atoms with van der Waals surface area (Å²) < 4.78 is 0. The van der Waals surface area contributed by atoms with Crippen LogP contribution >= 0.6 is 12.4 Å². The molecule has 1 amide bonds. The fraction of sp³-hybridized carbons (Fsp3) is 0.632. The van der Waals surface area contributed by atoms with E-state index in [1.807, 2.05) is 6.07 Å². The van der Waals surface area contributed by atoms with E-state index in [0.717, 1.165) is 25.7 Å². The molecule has 0 spiro atoms. The molecule has 4 heteroatoms. The van der Waals surface area contributed by atoms with Crippen LogP contribution in [0.2, 0.25) is 0 Å². The van der Waals surface area contributed by atoms with Gasteiger partial charge >= 0.3 is 0 Å². The minimum absolute atomic E-state index is 0. The summed E-state index contributed by atoms with van der Waals surface area (Å²) in [5.41, 5.74) is 0.937. The van der Waals surface area contributed by atoms with Crippen LogP contribution in [0.1, 0.15) is 56.9 Å². The Labute approximate surface area is 145 Å². The molecule has 1 aromatic carbocycles. The normalized spacial score (nSPS) is 31.4. The quantitative estimate of drug-likeness (QED) is 0.890. The summed E-state index contributed by atoms with van der Waals surface area (Å²) in [7, 11) is 0. The predicted molar refractivity (Wildman–Crippen MR) is 94.9 cm³/mol. The first kappa shape index (κ1) is 16.8. The Bertz CT molecular complexity index is 530. The molecule has 0 radical (unpaired) electrons. The Kier molecular flexibility index (Phi) is 4.98. The third kappa shape index (κ3) is 3.14. The molecule has 2 N–H and O–H groups in total. The maximum absolute atomic E-state index is 13.1. The second kappa shape index (κ2) is 6.82. The molecule has 2 unspecified atom stereocenters. The number of rotatable bonds is 3. The zero-order chi connectivity index (χ0) is 15.0. The summed E-state index contributed by atoms with van der Waals surface area (Å²) in [5, 5.41) is 7.07. The van der Waals surface area contributed by atoms with Gasteiger partial charge in [-0.05, 0) is 44.1 Å². The monoisotopic (exact) mass is 334 g/mol. The van der Waals surface area contributed by atoms with E-state index in [-0.39, 0.29) is 23.7 Å². The van der Waals surface area contributed by atoms with Gasteiger partial charge in [-0.3, -0.25) is 4.79 Å². The highest BCUT2D eigenvalue weighted by Gasteiger charge is 2.44. The van der Waals surface area contributed by atoms with Gasteiger partial charge in [0.05, 0.1) is 5.41 Å². The summed E-state index contributed by atoms with van der Waals surface area (Å²) in [4.78, 5) is 13.1. The van der Waals surface area contributed by atoms with Crippen LogP contribution in [0.15, 0.2) is 30.3 Å². The molecule has 1 aromatic rings. The molecule has 1 aliphatic carbocycles. The first-order valence-corrected chi connectivity index (χ1v) is 8.89. The Balaban J connectivity index is 0.00000156. The van der Waals surface area contributed by atoms with Crippen molar-refractivity contribution in [1.82, 2.24) is 10.6 Å². The predicted octanol–water partition coefficient (Wildman–Crippen LogP) is 3.32. The molecular weight excluding hydrogens is 308 g/mol. The SMILES string of the molecule is Cl.O=C(NC1CC2CCC(C1)N2)C1(c2ccccc2)CCCC1. The summed E-state index contributed by atoms with van der Waals surface area (Å²) in [6.45, 7) is 0. The summed E-state index contributed by atoms with van der Waals surface area (Å²) >= 11 is 0. The van der Waals surface area contributed by atoms with Crippen molar-refractivity contribution >= 4 is 18.3 Å². The molecule has 2 atom stereocenters. The Morgan fingerprint density at radius 2 is 1.65 bits per heavy atom. The van der Waals surface area contributed by atoms with Crippen molar-refractivity contribution in [2.45, 2.75) is 74.9 Å². The zero-order valence-corrected chi connectivity index (χ0v) is 14.4. The highest BCUT2D eigenvalue weighted by Crippen LogP contribution is 2.41. The van der Waals surface area contributed by atoms with Crippen LogP contribution in [-0.2, 0) is 10.2 Å². The van der Waals surface area contributed by atoms with Crippen LogP contribution in [-0.4, -0.2) is 24.0 Å². The van der Waals surface area contributed by atoms with Gasteiger partial charge in [0.25, 0.3) is 0 Å². The van der Waals surface area contributed by atoms with Crippen molar-refractivity contribution in [2.24, 2.45) is 0 Å². The fourth-order valence-corrected chi connectivity index (χ4v) is 4.88. The highest BCUT2D eigenvalue weighted by atomic mass is 35.5. The number of nitrogens with one attached hydrogen (secondary N) is 2. The number of amides is 1. The molecule has 2 saturated heterocycles. The van der Waals surface area contributed by atoms with Crippen molar-refractivity contribution in [3.63, 3.8) is 0 Å². The van der Waals surface area contributed by atoms with Gasteiger partial charge in [0, 0.05) is 18.1 Å². The fourth-order valence-electron chi connectivity index (χ4n) is 4.88. The van der Waals surface area contributed by atoms with Gasteiger partial charge < -0.3 is 10.6 Å². The van der Waals surface area contributed by atoms with Crippen molar-refractivity contribution in [2.75, 3.05) is 0 Å². The van der Waals surface area contributed by atoms with Crippen LogP contribution in [0.5, 0.6) is 0 Å². The summed E-state index contributed by atoms with van der Waals surface area (Å²) in [6.07, 6.45) is 9.10. The van der Waals surface area contributed by atoms with Crippen molar-refractivity contribution in [3.8, 4) is 0 Å². The molecular formula is C19H27ClN2O. The Hall–Kier alpha value is -1.06. The van der Waals surface area contributed by atoms with Crippen LogP contribution in [0, 0.1) is 0 Å². The number of piperidine rings is 1. The molecule has 126 valence electrons. The zero-order valence-electron chi connectivity index (χ0n) is 13.6. The lowest BCUT2D eigenvalue weighted by molar-refractivity contribution is -0.127. The van der Waals surface area contributed by atoms with Gasteiger partial charge in [0.15, 0.2) is 0 Å². The van der Waals surface area contributed by atoms with Crippen LogP contribution in [0.25, 0.3) is 0 Å². The topological polar surface area (TPSA) is 41.1 Å². The van der Waals surface area contributed by atoms with E-state index in [1.54, 1.807) is 0 Å². The van der Waals surface area contributed by atoms with Crippen LogP contribution < -0.4 is 10.6 Å². The van der Waals surface area contributed by atoms with E-state index >= 15 is 0 Å². The maximum Gasteiger partial charge on any atom is 0.230 e. The van der Waals surface area contributed by atoms with Crippen molar-refractivity contribution in [1.29, 1.82) is 0 Å². The first-order chi connectivity index (χ1) is 10.8. The van der Waals surface area contributed by atoms with E-state index in [1.165, 1.54) is 31.2 Å². The van der Waals surface area contributed by atoms with Crippen molar-refractivity contribution < 1.29 is 4.79 Å². The number of carbonyl (C=O) groups excluding carboxylic acids is 1. The second-order valence-electron chi connectivity index (χ2n) is 7.43. The maximum atomic E-state index is 13.1. The molecule has 0 aromatic heterocycles. The molecule has 3 fully saturated rings. The lowest BCUT2D eigenvalue weighted by atomic mass is 9.77. The molecule has 2 bridgehead atoms. The number of hydrogen-bond acceptors (Lipinski definition) is 2. The molecule has 1 saturated carbocycles. The first-order valence-electron chi connectivity index (χ1n) is 8.89. The lowest BCUT2D eigenvalue weighted by Gasteiger charge is -2.34. The lowest BCUT2D eigenvalue weighted by Crippen LogP contribution is -2.52. The number of benzene rings is 1. The minimum atomic E-state index is -0.273. The molecule has 3 aliphatic rings. The third-order valence-electron chi connectivity index (χ3n) is 6.03. The highest BCUT2D eigenvalue weighted by molar-refractivity contribution is 5.88. The third-order valence-corrected chi connectivity index (χ3v) is 6.03. The van der Waals surface area contributed by atoms with Gasteiger partial charge in [0.1, 0.15) is 0 Å². The number of halogens is 1. The Morgan fingerprint density at radius 3 is 2.26 bits per heavy atom. The Morgan fingerprint density at radius 1 is 1.04 bits per heavy atom. The summed E-state index contributed by atoms with van der Waals surface area (Å²) in [5.74, 6) is 0.280. The molecule has 2 heterocycles. The van der Waals surface area contributed by atoms with E-state index in [0.29, 0.717) is 18.1 Å². The molecule has 23 heavy (non-hydrogen) atoms. The summed E-state index contributed by atoms with van der Waals surface area (Å²) in [6, 6.07) is 12.1. The minimum Gasteiger partial charge on any atom is -0.352 e. The van der Waals surface area contributed by atoms with Gasteiger partial charge in [-0.2, -0.15) is 0 Å². The van der Waals surface area contributed by atoms with Gasteiger partial charge in [-0.25, -0.2) is 0 Å². The van der Waals surface area contributed by atoms with Gasteiger partial charge in [0.2, 0.25) is 5.91 Å². The average molecular weight is 335 g/mol. The van der Waals surface area contributed by atoms with Crippen LogP contribution in [0.3, 0.4) is 0 Å².